The lowest BCUT2D eigenvalue weighted by atomic mass is 9.93. The molecule has 0 atom stereocenters. The van der Waals surface area contributed by atoms with Crippen LogP contribution in [0.2, 0.25) is 0 Å². The SMILES string of the molecule is c1ccc(-c2ccccc2-c2ccc(N(c3ccc(-c4ccccc4-c4ccccc4)cc3)c3cccc(-c4cccc5c4c4c6ccc(-c7cccc(-c8ccccc8N(c8ccc(-c9ccccc9-c9ccccc9)cc8)c8cccc(-c9cccc%10c9c9c%11ccccc%11ccc9n%10-c9ccccc9)c8)c7)cc6ccc4n5-c4ccccc4)c3)cc2)cc1. The fraction of sp³-hybridized carbons (Fsp3) is 0. The van der Waals surface area contributed by atoms with Crippen molar-refractivity contribution in [3.05, 3.63) is 497 Å². The van der Waals surface area contributed by atoms with Crippen LogP contribution in [0, 0.1) is 0 Å². The highest BCUT2D eigenvalue weighted by molar-refractivity contribution is 6.27. The number of aromatic nitrogens is 2. The van der Waals surface area contributed by atoms with Crippen molar-refractivity contribution in [2.75, 3.05) is 9.80 Å². The molecule has 23 rings (SSSR count). The minimum absolute atomic E-state index is 1.04. The Hall–Kier alpha value is -16.7. The third-order valence-corrected chi connectivity index (χ3v) is 25.3. The normalized spacial score (nSPS) is 11.5. The average Bonchev–Trinajstić information content (AvgIpc) is 1.56. The van der Waals surface area contributed by atoms with Gasteiger partial charge in [0.05, 0.1) is 27.8 Å². The van der Waals surface area contributed by atoms with Crippen LogP contribution in [0.3, 0.4) is 0 Å². The van der Waals surface area contributed by atoms with Crippen molar-refractivity contribution in [2.24, 2.45) is 0 Å². The van der Waals surface area contributed by atoms with Crippen LogP contribution in [0.5, 0.6) is 0 Å². The van der Waals surface area contributed by atoms with E-state index in [1.165, 1.54) is 98.9 Å². The molecule has 0 radical (unpaired) electrons. The second kappa shape index (κ2) is 32.1. The van der Waals surface area contributed by atoms with Gasteiger partial charge in [-0.05, 0) is 255 Å². The molecule has 2 aromatic heterocycles. The standard InChI is InChI=1S/C122H82N4/c1-6-31-83(32-7-1)103-48-18-21-51-106(103)87-61-70-98(71-62-87)123(99-72-63-88(64-73-99)107-52-22-19-49-104(107)84-33-8-2-9-34-84)101-46-27-40-93(81-101)111-56-29-60-116-121(111)122-113-76-67-91(80-95(113)69-78-118(122)126(116)97-44-14-5-15-45-97)90-38-26-39-92(79-90)109-54-24-25-58-114(109)124(100-74-65-89(66-75-100)108-53-23-20-50-105(108)85-35-10-3-11-36-85)102-47-28-41-94(82-102)112-57-30-59-115-120(112)119-110-55-17-16-37-86(110)68-77-117(119)125(115)96-42-12-4-13-43-96/h1-82H. The molecule has 590 valence electrons. The summed E-state index contributed by atoms with van der Waals surface area (Å²) < 4.78 is 4.90. The zero-order valence-electron chi connectivity index (χ0n) is 69.1. The number of hydrogen-bond acceptors (Lipinski definition) is 2. The number of rotatable bonds is 18. The molecule has 0 N–H and O–H groups in total. The Morgan fingerprint density at radius 1 is 0.143 bits per heavy atom. The van der Waals surface area contributed by atoms with Gasteiger partial charge in [-0.15, -0.1) is 0 Å². The molecular weight excluding hydrogens is 1520 g/mol. The van der Waals surface area contributed by atoms with Gasteiger partial charge in [-0.3, -0.25) is 0 Å². The molecule has 126 heavy (non-hydrogen) atoms. The summed E-state index contributed by atoms with van der Waals surface area (Å²) in [5.41, 5.74) is 36.4. The molecule has 0 bridgehead atoms. The average molecular weight is 1600 g/mol. The summed E-state index contributed by atoms with van der Waals surface area (Å²) in [6.45, 7) is 0. The van der Waals surface area contributed by atoms with Crippen LogP contribution in [0.25, 0.3) is 188 Å². The Bertz CT molecular complexity index is 7910. The lowest BCUT2D eigenvalue weighted by Gasteiger charge is -2.28. The Morgan fingerprint density at radius 2 is 0.444 bits per heavy atom. The fourth-order valence-corrected chi connectivity index (χ4v) is 19.5. The Balaban J connectivity index is 0.643. The maximum absolute atomic E-state index is 2.47. The molecule has 0 aliphatic heterocycles. The van der Waals surface area contributed by atoms with Crippen molar-refractivity contribution in [1.29, 1.82) is 0 Å². The van der Waals surface area contributed by atoms with E-state index in [1.54, 1.807) is 0 Å². The topological polar surface area (TPSA) is 16.3 Å². The minimum atomic E-state index is 1.04. The second-order valence-corrected chi connectivity index (χ2v) is 32.6. The molecule has 0 amide bonds. The highest BCUT2D eigenvalue weighted by Crippen LogP contribution is 2.50. The number of anilines is 6. The first-order valence-electron chi connectivity index (χ1n) is 43.3. The van der Waals surface area contributed by atoms with Crippen LogP contribution in [-0.4, -0.2) is 9.13 Å². The zero-order valence-corrected chi connectivity index (χ0v) is 69.1. The van der Waals surface area contributed by atoms with Crippen molar-refractivity contribution in [1.82, 2.24) is 9.13 Å². The summed E-state index contributed by atoms with van der Waals surface area (Å²) in [5, 5.41) is 9.66. The number of benzene rings is 21. The van der Waals surface area contributed by atoms with Crippen LogP contribution in [0.4, 0.5) is 34.1 Å². The van der Waals surface area contributed by atoms with Crippen molar-refractivity contribution >= 4 is 99.3 Å². The van der Waals surface area contributed by atoms with E-state index in [1.807, 2.05) is 0 Å². The van der Waals surface area contributed by atoms with Crippen LogP contribution in [0.1, 0.15) is 0 Å². The molecule has 0 unspecified atom stereocenters. The van der Waals surface area contributed by atoms with Crippen LogP contribution in [0.15, 0.2) is 497 Å². The van der Waals surface area contributed by atoms with Gasteiger partial charge in [0.1, 0.15) is 0 Å². The van der Waals surface area contributed by atoms with Crippen molar-refractivity contribution in [2.45, 2.75) is 0 Å². The maximum atomic E-state index is 2.47. The van der Waals surface area contributed by atoms with E-state index in [-0.39, 0.29) is 0 Å². The number of para-hydroxylation sites is 3. The van der Waals surface area contributed by atoms with E-state index >= 15 is 0 Å². The predicted octanol–water partition coefficient (Wildman–Crippen LogP) is 33.8. The molecule has 21 aromatic carbocycles. The molecule has 23 aromatic rings. The number of fused-ring (bicyclic) bond motifs is 10. The number of hydrogen-bond donors (Lipinski definition) is 0. The molecule has 4 heteroatoms. The minimum Gasteiger partial charge on any atom is -0.310 e. The Kier molecular flexibility index (Phi) is 18.9. The molecule has 0 aliphatic carbocycles. The quantitative estimate of drug-likeness (QED) is 0.0851. The highest BCUT2D eigenvalue weighted by atomic mass is 15.1. The second-order valence-electron chi connectivity index (χ2n) is 32.6. The van der Waals surface area contributed by atoms with Gasteiger partial charge in [-0.1, -0.05) is 370 Å². The highest BCUT2D eigenvalue weighted by Gasteiger charge is 2.26. The van der Waals surface area contributed by atoms with Gasteiger partial charge in [0, 0.05) is 66.9 Å². The van der Waals surface area contributed by atoms with Gasteiger partial charge >= 0.3 is 0 Å². The first kappa shape index (κ1) is 74.4. The Morgan fingerprint density at radius 3 is 0.905 bits per heavy atom. The maximum Gasteiger partial charge on any atom is 0.0547 e. The predicted molar refractivity (Wildman–Crippen MR) is 534 cm³/mol. The molecule has 2 heterocycles. The summed E-state index contributed by atoms with van der Waals surface area (Å²) in [7, 11) is 0. The summed E-state index contributed by atoms with van der Waals surface area (Å²) in [4.78, 5) is 4.88. The summed E-state index contributed by atoms with van der Waals surface area (Å²) >= 11 is 0. The summed E-state index contributed by atoms with van der Waals surface area (Å²) in [6.07, 6.45) is 0. The summed E-state index contributed by atoms with van der Waals surface area (Å²) in [5.74, 6) is 0. The van der Waals surface area contributed by atoms with Gasteiger partial charge < -0.3 is 18.9 Å². The fourth-order valence-electron chi connectivity index (χ4n) is 19.5. The first-order valence-corrected chi connectivity index (χ1v) is 43.3. The third-order valence-electron chi connectivity index (χ3n) is 25.3. The first-order chi connectivity index (χ1) is 62.5. The molecule has 0 saturated carbocycles. The molecule has 4 nitrogen and oxygen atoms in total. The van der Waals surface area contributed by atoms with Crippen LogP contribution >= 0.6 is 0 Å². The van der Waals surface area contributed by atoms with Gasteiger partial charge in [-0.25, -0.2) is 0 Å². The molecule has 0 fully saturated rings. The van der Waals surface area contributed by atoms with Crippen LogP contribution < -0.4 is 9.80 Å². The zero-order chi connectivity index (χ0) is 83.4. The van der Waals surface area contributed by atoms with Gasteiger partial charge in [0.2, 0.25) is 0 Å². The van der Waals surface area contributed by atoms with E-state index in [0.717, 1.165) is 123 Å². The van der Waals surface area contributed by atoms with E-state index < -0.39 is 0 Å². The van der Waals surface area contributed by atoms with E-state index in [0.29, 0.717) is 0 Å². The number of nitrogens with zero attached hydrogens (tertiary/aromatic N) is 4. The molecular formula is C122H82N4. The van der Waals surface area contributed by atoms with E-state index in [4.69, 9.17) is 0 Å². The summed E-state index contributed by atoms with van der Waals surface area (Å²) in [6, 6.07) is 183. The van der Waals surface area contributed by atoms with Crippen LogP contribution in [-0.2, 0) is 0 Å². The van der Waals surface area contributed by atoms with Crippen molar-refractivity contribution in [3.63, 3.8) is 0 Å². The largest absolute Gasteiger partial charge is 0.310 e. The lowest BCUT2D eigenvalue weighted by molar-refractivity contribution is 1.18. The molecule has 0 aliphatic rings. The molecule has 0 spiro atoms. The van der Waals surface area contributed by atoms with E-state index in [9.17, 15) is 0 Å². The van der Waals surface area contributed by atoms with Gasteiger partial charge in [0.25, 0.3) is 0 Å². The third kappa shape index (κ3) is 13.4. The van der Waals surface area contributed by atoms with E-state index in [2.05, 4.69) is 516 Å². The lowest BCUT2D eigenvalue weighted by Crippen LogP contribution is -2.11. The van der Waals surface area contributed by atoms with Crippen molar-refractivity contribution < 1.29 is 0 Å². The van der Waals surface area contributed by atoms with Crippen molar-refractivity contribution in [3.8, 4) is 123 Å². The van der Waals surface area contributed by atoms with Gasteiger partial charge in [-0.2, -0.15) is 0 Å². The Labute approximate surface area is 733 Å². The molecule has 0 saturated heterocycles. The smallest absolute Gasteiger partial charge is 0.0547 e. The monoisotopic (exact) mass is 1600 g/mol. The van der Waals surface area contributed by atoms with Gasteiger partial charge in [0.15, 0.2) is 0 Å².